The monoisotopic (exact) mass is 495 g/mol. The van der Waals surface area contributed by atoms with E-state index in [2.05, 4.69) is 18.7 Å². The molecule has 1 aliphatic rings. The fourth-order valence-electron chi connectivity index (χ4n) is 4.60. The van der Waals surface area contributed by atoms with Gasteiger partial charge in [0.15, 0.2) is 0 Å². The maximum absolute atomic E-state index is 13.9. The predicted molar refractivity (Wildman–Crippen MR) is 124 cm³/mol. The number of anilines is 1. The third-order valence-corrected chi connectivity index (χ3v) is 6.91. The number of aliphatic hydroxyl groups is 1. The van der Waals surface area contributed by atoms with Crippen LogP contribution < -0.4 is 4.90 Å². The Morgan fingerprint density at radius 1 is 0.588 bits per heavy atom. The first kappa shape index (κ1) is 28.8. The van der Waals surface area contributed by atoms with Crippen LogP contribution in [-0.2, 0) is 5.60 Å². The highest BCUT2D eigenvalue weighted by Gasteiger charge is 2.98. The Balaban J connectivity index is 2.08. The fourth-order valence-corrected chi connectivity index (χ4v) is 4.60. The van der Waals surface area contributed by atoms with Crippen LogP contribution in [0.4, 0.5) is 32.0 Å². The summed E-state index contributed by atoms with van der Waals surface area (Å²) in [7, 11) is 0. The van der Waals surface area contributed by atoms with Gasteiger partial charge in [-0.15, -0.1) is 0 Å². The molecule has 34 heavy (non-hydrogen) atoms. The second kappa shape index (κ2) is 12.0. The summed E-state index contributed by atoms with van der Waals surface area (Å²) >= 11 is 0. The van der Waals surface area contributed by atoms with E-state index in [4.69, 9.17) is 0 Å². The number of unbranched alkanes of at least 4 members (excludes halogenated alkanes) is 10. The van der Waals surface area contributed by atoms with E-state index < -0.39 is 28.9 Å². The zero-order valence-electron chi connectivity index (χ0n) is 20.4. The Bertz CT molecular complexity index is 703. The molecule has 1 aromatic carbocycles. The highest BCUT2D eigenvalue weighted by molar-refractivity contribution is 5.51. The molecule has 0 aliphatic heterocycles. The van der Waals surface area contributed by atoms with Crippen molar-refractivity contribution >= 4 is 5.69 Å². The Hall–Kier alpha value is -1.44. The number of benzene rings is 1. The molecule has 0 radical (unpaired) electrons. The van der Waals surface area contributed by atoms with Crippen LogP contribution in [-0.4, -0.2) is 36.0 Å². The van der Waals surface area contributed by atoms with Crippen LogP contribution in [0, 0.1) is 0 Å². The molecule has 0 aromatic heterocycles. The van der Waals surface area contributed by atoms with Crippen molar-refractivity contribution in [1.29, 1.82) is 0 Å². The maximum Gasteiger partial charge on any atom is 0.379 e. The summed E-state index contributed by atoms with van der Waals surface area (Å²) in [6, 6.07) is 4.57. The average Bonchev–Trinajstić information content (AvgIpc) is 2.81. The van der Waals surface area contributed by atoms with E-state index >= 15 is 0 Å². The number of hydrogen-bond acceptors (Lipinski definition) is 2. The normalized spacial score (nSPS) is 19.6. The highest BCUT2D eigenvalue weighted by atomic mass is 19.4. The van der Waals surface area contributed by atoms with Crippen molar-refractivity contribution in [3.05, 3.63) is 29.8 Å². The lowest BCUT2D eigenvalue weighted by Gasteiger charge is -2.55. The molecule has 2 nitrogen and oxygen atoms in total. The van der Waals surface area contributed by atoms with E-state index in [1.165, 1.54) is 37.8 Å². The SMILES string of the molecule is CCCCCCCCN(CCCCCCCC)c1ccc(C2(O)C(F)(F)C(F)(F)C2(F)F)cc1. The second-order valence-electron chi connectivity index (χ2n) is 9.50. The Labute approximate surface area is 199 Å². The lowest BCUT2D eigenvalue weighted by molar-refractivity contribution is -0.497. The zero-order valence-corrected chi connectivity index (χ0v) is 20.4. The first-order valence-corrected chi connectivity index (χ1v) is 12.7. The first-order chi connectivity index (χ1) is 16.0. The van der Waals surface area contributed by atoms with E-state index in [1.54, 1.807) is 0 Å². The molecule has 0 amide bonds. The van der Waals surface area contributed by atoms with E-state index in [9.17, 15) is 31.4 Å². The zero-order chi connectivity index (χ0) is 25.5. The van der Waals surface area contributed by atoms with Gasteiger partial charge in [0.05, 0.1) is 0 Å². The highest BCUT2D eigenvalue weighted by Crippen LogP contribution is 2.70. The van der Waals surface area contributed by atoms with Crippen LogP contribution in [0.25, 0.3) is 0 Å². The summed E-state index contributed by atoms with van der Waals surface area (Å²) in [5.41, 5.74) is -4.49. The summed E-state index contributed by atoms with van der Waals surface area (Å²) in [6.07, 6.45) is 13.3. The van der Waals surface area contributed by atoms with Gasteiger partial charge in [0.2, 0.25) is 5.60 Å². The Kier molecular flexibility index (Phi) is 10.2. The van der Waals surface area contributed by atoms with Gasteiger partial charge in [-0.3, -0.25) is 0 Å². The van der Waals surface area contributed by atoms with E-state index in [-0.39, 0.29) is 0 Å². The van der Waals surface area contributed by atoms with Crippen molar-refractivity contribution in [2.45, 2.75) is 114 Å². The molecule has 1 aliphatic carbocycles. The van der Waals surface area contributed by atoms with Crippen molar-refractivity contribution in [3.63, 3.8) is 0 Å². The lowest BCUT2D eigenvalue weighted by Crippen LogP contribution is -2.84. The predicted octanol–water partition coefficient (Wildman–Crippen LogP) is 8.32. The molecule has 0 spiro atoms. The molecular weight excluding hydrogens is 456 g/mol. The van der Waals surface area contributed by atoms with Crippen LogP contribution in [0.15, 0.2) is 24.3 Å². The molecule has 1 fully saturated rings. The maximum atomic E-state index is 13.9. The van der Waals surface area contributed by atoms with Crippen molar-refractivity contribution in [2.24, 2.45) is 0 Å². The summed E-state index contributed by atoms with van der Waals surface area (Å²) in [6.45, 7) is 5.77. The molecule has 0 unspecified atom stereocenters. The standard InChI is InChI=1S/C26H39F6NO/c1-3-5-7-9-11-13-19-33(20-14-12-10-8-6-4-2)22-17-15-21(16-18-22)23(34)24(27,28)26(31,32)25(23,29)30/h15-18,34H,3-14,19-20H2,1-2H3. The van der Waals surface area contributed by atoms with Crippen LogP contribution in [0.3, 0.4) is 0 Å². The minimum absolute atomic E-state index is 0.646. The largest absolute Gasteiger partial charge is 0.379 e. The summed E-state index contributed by atoms with van der Waals surface area (Å²) in [5, 5.41) is 10.00. The second-order valence-corrected chi connectivity index (χ2v) is 9.50. The first-order valence-electron chi connectivity index (χ1n) is 12.7. The minimum atomic E-state index is -5.60. The van der Waals surface area contributed by atoms with Crippen molar-refractivity contribution in [3.8, 4) is 0 Å². The smallest absolute Gasteiger partial charge is 0.374 e. The van der Waals surface area contributed by atoms with Gasteiger partial charge in [0.1, 0.15) is 0 Å². The van der Waals surface area contributed by atoms with Crippen LogP contribution in [0.1, 0.15) is 96.5 Å². The van der Waals surface area contributed by atoms with Gasteiger partial charge in [-0.05, 0) is 30.5 Å². The molecule has 196 valence electrons. The summed E-state index contributed by atoms with van der Waals surface area (Å²) in [4.78, 5) is 2.08. The van der Waals surface area contributed by atoms with E-state index in [0.29, 0.717) is 5.69 Å². The Morgan fingerprint density at radius 2 is 0.971 bits per heavy atom. The molecule has 8 heteroatoms. The fraction of sp³-hybridized carbons (Fsp3) is 0.769. The number of alkyl halides is 6. The summed E-state index contributed by atoms with van der Waals surface area (Å²) < 4.78 is 82.2. The van der Waals surface area contributed by atoms with Crippen molar-refractivity contribution < 1.29 is 31.4 Å². The van der Waals surface area contributed by atoms with Crippen LogP contribution in [0.2, 0.25) is 0 Å². The van der Waals surface area contributed by atoms with Crippen molar-refractivity contribution in [2.75, 3.05) is 18.0 Å². The molecule has 0 atom stereocenters. The topological polar surface area (TPSA) is 23.5 Å². The van der Waals surface area contributed by atoms with Gasteiger partial charge in [0, 0.05) is 18.8 Å². The van der Waals surface area contributed by atoms with Gasteiger partial charge in [-0.2, -0.15) is 26.3 Å². The summed E-state index contributed by atoms with van der Waals surface area (Å²) in [5.74, 6) is -16.1. The van der Waals surface area contributed by atoms with Gasteiger partial charge in [-0.25, -0.2) is 0 Å². The number of halogens is 6. The molecule has 0 bridgehead atoms. The lowest BCUT2D eigenvalue weighted by atomic mass is 9.64. The van der Waals surface area contributed by atoms with Gasteiger partial charge >= 0.3 is 17.8 Å². The molecule has 1 N–H and O–H groups in total. The third-order valence-electron chi connectivity index (χ3n) is 6.91. The molecule has 1 aromatic rings. The Morgan fingerprint density at radius 3 is 1.38 bits per heavy atom. The quantitative estimate of drug-likeness (QED) is 0.184. The molecule has 2 rings (SSSR count). The van der Waals surface area contributed by atoms with Crippen LogP contribution in [0.5, 0.6) is 0 Å². The molecular formula is C26H39F6NO. The van der Waals surface area contributed by atoms with E-state index in [1.807, 2.05) is 0 Å². The van der Waals surface area contributed by atoms with E-state index in [0.717, 1.165) is 76.6 Å². The van der Waals surface area contributed by atoms with Gasteiger partial charge in [-0.1, -0.05) is 90.2 Å². The van der Waals surface area contributed by atoms with Gasteiger partial charge < -0.3 is 10.0 Å². The number of nitrogens with zero attached hydrogens (tertiary/aromatic N) is 1. The number of rotatable bonds is 16. The molecule has 1 saturated carbocycles. The van der Waals surface area contributed by atoms with Crippen molar-refractivity contribution in [1.82, 2.24) is 0 Å². The molecule has 0 saturated heterocycles. The molecule has 0 heterocycles. The average molecular weight is 496 g/mol. The van der Waals surface area contributed by atoms with Crippen LogP contribution >= 0.6 is 0 Å². The third kappa shape index (κ3) is 5.36. The number of hydrogen-bond donors (Lipinski definition) is 1. The van der Waals surface area contributed by atoms with Gasteiger partial charge in [0.25, 0.3) is 0 Å². The minimum Gasteiger partial charge on any atom is -0.374 e.